The van der Waals surface area contributed by atoms with Crippen LogP contribution in [0.5, 0.6) is 5.75 Å². The second-order valence-electron chi connectivity index (χ2n) is 5.11. The Hall–Kier alpha value is -1.48. The van der Waals surface area contributed by atoms with Crippen LogP contribution in [0, 0.1) is 0 Å². The van der Waals surface area contributed by atoms with Gasteiger partial charge in [0.15, 0.2) is 0 Å². The quantitative estimate of drug-likeness (QED) is 0.884. The summed E-state index contributed by atoms with van der Waals surface area (Å²) in [7, 11) is 3.69. The van der Waals surface area contributed by atoms with Crippen LogP contribution in [0.4, 0.5) is 0 Å². The van der Waals surface area contributed by atoms with E-state index in [-0.39, 0.29) is 0 Å². The van der Waals surface area contributed by atoms with E-state index in [2.05, 4.69) is 16.8 Å². The summed E-state index contributed by atoms with van der Waals surface area (Å²) in [4.78, 5) is 0. The molecule has 2 aromatic rings. The first kappa shape index (κ1) is 12.0. The van der Waals surface area contributed by atoms with Crippen LogP contribution in [0.2, 0.25) is 0 Å². The second kappa shape index (κ2) is 4.08. The van der Waals surface area contributed by atoms with Gasteiger partial charge >= 0.3 is 0 Å². The lowest BCUT2D eigenvalue weighted by Gasteiger charge is -2.16. The molecule has 0 bridgehead atoms. The lowest BCUT2D eigenvalue weighted by molar-refractivity contribution is 0.0813. The lowest BCUT2D eigenvalue weighted by Crippen LogP contribution is -2.21. The molecule has 0 amide bonds. The molecule has 1 N–H and O–H groups in total. The Morgan fingerprint density at radius 3 is 2.65 bits per heavy atom. The largest absolute Gasteiger partial charge is 0.496 e. The number of methoxy groups -OCH3 is 1. The minimum absolute atomic E-state index is 0.616. The summed E-state index contributed by atoms with van der Waals surface area (Å²) in [6.07, 6.45) is 2.68. The molecule has 17 heavy (non-hydrogen) atoms. The van der Waals surface area contributed by atoms with Crippen molar-refractivity contribution in [2.24, 2.45) is 7.05 Å². The number of hydrogen-bond donors (Lipinski definition) is 1. The van der Waals surface area contributed by atoms with E-state index in [0.29, 0.717) is 6.42 Å². The summed E-state index contributed by atoms with van der Waals surface area (Å²) < 4.78 is 7.47. The van der Waals surface area contributed by atoms with Crippen molar-refractivity contribution in [3.8, 4) is 5.75 Å². The summed E-state index contributed by atoms with van der Waals surface area (Å²) in [5.74, 6) is 0.863. The van der Waals surface area contributed by atoms with E-state index in [1.807, 2.05) is 33.0 Å². The van der Waals surface area contributed by atoms with Gasteiger partial charge in [0.05, 0.1) is 18.2 Å². The van der Waals surface area contributed by atoms with Crippen LogP contribution in [-0.2, 0) is 13.5 Å². The highest BCUT2D eigenvalue weighted by atomic mass is 16.5. The van der Waals surface area contributed by atoms with Crippen molar-refractivity contribution in [1.29, 1.82) is 0 Å². The Balaban J connectivity index is 2.63. The summed E-state index contributed by atoms with van der Waals surface area (Å²) in [6.45, 7) is 3.64. The van der Waals surface area contributed by atoms with E-state index in [1.54, 1.807) is 7.11 Å². The molecule has 0 saturated carbocycles. The molecule has 3 nitrogen and oxygen atoms in total. The van der Waals surface area contributed by atoms with Gasteiger partial charge in [-0.05, 0) is 31.5 Å². The Labute approximate surface area is 102 Å². The summed E-state index contributed by atoms with van der Waals surface area (Å²) in [6, 6.07) is 6.00. The van der Waals surface area contributed by atoms with Gasteiger partial charge in [-0.1, -0.05) is 6.07 Å². The highest BCUT2D eigenvalue weighted by Gasteiger charge is 2.19. The molecule has 1 aromatic heterocycles. The van der Waals surface area contributed by atoms with Gasteiger partial charge in [-0.25, -0.2) is 0 Å². The van der Waals surface area contributed by atoms with E-state index in [9.17, 15) is 5.11 Å². The molecule has 1 aromatic carbocycles. The minimum Gasteiger partial charge on any atom is -0.496 e. The van der Waals surface area contributed by atoms with Crippen LogP contribution in [-0.4, -0.2) is 22.4 Å². The molecule has 0 radical (unpaired) electrons. The highest BCUT2D eigenvalue weighted by molar-refractivity contribution is 5.90. The summed E-state index contributed by atoms with van der Waals surface area (Å²) in [5, 5.41) is 11.1. The number of benzene rings is 1. The van der Waals surface area contributed by atoms with Gasteiger partial charge in [-0.15, -0.1) is 0 Å². The standard InChI is InChI=1S/C14H19NO2/c1-14(2,16)8-10-9-15(3)11-6-5-7-12(17-4)13(10)11/h5-7,9,16H,8H2,1-4H3. The second-order valence-corrected chi connectivity index (χ2v) is 5.11. The zero-order valence-corrected chi connectivity index (χ0v) is 10.8. The molecule has 0 aliphatic heterocycles. The van der Waals surface area contributed by atoms with E-state index in [0.717, 1.165) is 22.2 Å². The van der Waals surface area contributed by atoms with Crippen LogP contribution >= 0.6 is 0 Å². The number of aryl methyl sites for hydroxylation is 1. The number of ether oxygens (including phenoxy) is 1. The van der Waals surface area contributed by atoms with E-state index < -0.39 is 5.60 Å². The van der Waals surface area contributed by atoms with E-state index in [1.165, 1.54) is 0 Å². The lowest BCUT2D eigenvalue weighted by atomic mass is 9.98. The smallest absolute Gasteiger partial charge is 0.128 e. The van der Waals surface area contributed by atoms with Crippen LogP contribution in [0.3, 0.4) is 0 Å². The molecule has 0 aliphatic carbocycles. The van der Waals surface area contributed by atoms with Gasteiger partial charge in [0.25, 0.3) is 0 Å². The number of rotatable bonds is 3. The third-order valence-corrected chi connectivity index (χ3v) is 2.90. The molecule has 0 saturated heterocycles. The maximum Gasteiger partial charge on any atom is 0.128 e. The fraction of sp³-hybridized carbons (Fsp3) is 0.429. The van der Waals surface area contributed by atoms with Crippen molar-refractivity contribution in [3.63, 3.8) is 0 Å². The fourth-order valence-electron chi connectivity index (χ4n) is 2.27. The van der Waals surface area contributed by atoms with Crippen LogP contribution in [0.15, 0.2) is 24.4 Å². The summed E-state index contributed by atoms with van der Waals surface area (Å²) >= 11 is 0. The van der Waals surface area contributed by atoms with Crippen molar-refractivity contribution in [1.82, 2.24) is 4.57 Å². The third kappa shape index (κ3) is 2.29. The molecular formula is C14H19NO2. The van der Waals surface area contributed by atoms with Gasteiger partial charge < -0.3 is 14.4 Å². The Kier molecular flexibility index (Phi) is 2.87. The average molecular weight is 233 g/mol. The van der Waals surface area contributed by atoms with Gasteiger partial charge in [0, 0.05) is 25.1 Å². The Bertz CT molecular complexity index is 535. The molecule has 1 heterocycles. The first-order valence-electron chi connectivity index (χ1n) is 5.75. The first-order valence-corrected chi connectivity index (χ1v) is 5.75. The molecule has 0 aliphatic rings. The fourth-order valence-corrected chi connectivity index (χ4v) is 2.27. The average Bonchev–Trinajstić information content (AvgIpc) is 2.53. The Morgan fingerprint density at radius 2 is 2.06 bits per heavy atom. The van der Waals surface area contributed by atoms with E-state index in [4.69, 9.17) is 4.74 Å². The first-order chi connectivity index (χ1) is 7.92. The van der Waals surface area contributed by atoms with Crippen LogP contribution in [0.1, 0.15) is 19.4 Å². The molecule has 2 rings (SSSR count). The Morgan fingerprint density at radius 1 is 1.35 bits per heavy atom. The van der Waals surface area contributed by atoms with Gasteiger partial charge in [-0.2, -0.15) is 0 Å². The number of nitrogens with zero attached hydrogens (tertiary/aromatic N) is 1. The van der Waals surface area contributed by atoms with Gasteiger partial charge in [0.2, 0.25) is 0 Å². The zero-order valence-electron chi connectivity index (χ0n) is 10.8. The molecule has 0 unspecified atom stereocenters. The third-order valence-electron chi connectivity index (χ3n) is 2.90. The van der Waals surface area contributed by atoms with Crippen molar-refractivity contribution < 1.29 is 9.84 Å². The topological polar surface area (TPSA) is 34.4 Å². The molecule has 0 atom stereocenters. The predicted octanol–water partition coefficient (Wildman–Crippen LogP) is 2.50. The van der Waals surface area contributed by atoms with E-state index >= 15 is 0 Å². The SMILES string of the molecule is COc1cccc2c1c(CC(C)(C)O)cn2C. The maximum absolute atomic E-state index is 9.95. The number of hydrogen-bond acceptors (Lipinski definition) is 2. The number of aliphatic hydroxyl groups is 1. The highest BCUT2D eigenvalue weighted by Crippen LogP contribution is 2.31. The molecule has 0 spiro atoms. The molecule has 3 heteroatoms. The van der Waals surface area contributed by atoms with Crippen molar-refractivity contribution in [3.05, 3.63) is 30.0 Å². The summed E-state index contributed by atoms with van der Waals surface area (Å²) in [5.41, 5.74) is 1.53. The van der Waals surface area contributed by atoms with Crippen molar-refractivity contribution in [2.45, 2.75) is 25.9 Å². The molecule has 92 valence electrons. The van der Waals surface area contributed by atoms with Crippen molar-refractivity contribution in [2.75, 3.05) is 7.11 Å². The predicted molar refractivity (Wildman–Crippen MR) is 69.5 cm³/mol. The normalized spacial score (nSPS) is 12.1. The van der Waals surface area contributed by atoms with Crippen LogP contribution in [0.25, 0.3) is 10.9 Å². The number of fused-ring (bicyclic) bond motifs is 1. The molecular weight excluding hydrogens is 214 g/mol. The zero-order chi connectivity index (χ0) is 12.6. The van der Waals surface area contributed by atoms with Crippen molar-refractivity contribution >= 4 is 10.9 Å². The molecule has 0 fully saturated rings. The van der Waals surface area contributed by atoms with Crippen LogP contribution < -0.4 is 4.74 Å². The maximum atomic E-state index is 9.95. The number of aromatic nitrogens is 1. The van der Waals surface area contributed by atoms with Gasteiger partial charge in [0.1, 0.15) is 5.75 Å². The monoisotopic (exact) mass is 233 g/mol. The minimum atomic E-state index is -0.713. The van der Waals surface area contributed by atoms with Gasteiger partial charge in [-0.3, -0.25) is 0 Å².